The van der Waals surface area contributed by atoms with Crippen LogP contribution in [0.15, 0.2) is 18.2 Å². The van der Waals surface area contributed by atoms with Crippen LogP contribution >= 0.6 is 27.5 Å². The van der Waals surface area contributed by atoms with Crippen LogP contribution in [0.2, 0.25) is 0 Å². The second-order valence-corrected chi connectivity index (χ2v) is 4.43. The maximum atomic E-state index is 11.7. The van der Waals surface area contributed by atoms with Gasteiger partial charge in [0.15, 0.2) is 5.78 Å². The molecule has 0 aliphatic rings. The molecular formula is C11H12BrClO. The molecule has 0 amide bonds. The molecular weight excluding hydrogens is 263 g/mol. The Morgan fingerprint density at radius 3 is 2.71 bits per heavy atom. The number of alkyl halides is 2. The number of aryl methyl sites for hydroxylation is 1. The molecule has 0 saturated carbocycles. The first kappa shape index (κ1) is 11.7. The topological polar surface area (TPSA) is 17.1 Å². The van der Waals surface area contributed by atoms with Crippen LogP contribution < -0.4 is 0 Å². The smallest absolute Gasteiger partial charge is 0.180 e. The molecule has 0 saturated heterocycles. The highest BCUT2D eigenvalue weighted by Crippen LogP contribution is 2.20. The van der Waals surface area contributed by atoms with Gasteiger partial charge in [-0.3, -0.25) is 4.79 Å². The van der Waals surface area contributed by atoms with Gasteiger partial charge in [0.05, 0.1) is 5.38 Å². The van der Waals surface area contributed by atoms with Crippen molar-refractivity contribution in [1.82, 2.24) is 0 Å². The second kappa shape index (κ2) is 4.94. The summed E-state index contributed by atoms with van der Waals surface area (Å²) in [6.45, 7) is 3.69. The monoisotopic (exact) mass is 274 g/mol. The Morgan fingerprint density at radius 2 is 2.21 bits per heavy atom. The number of benzene rings is 1. The van der Waals surface area contributed by atoms with Crippen LogP contribution in [0.3, 0.4) is 0 Å². The molecule has 1 aromatic rings. The zero-order valence-corrected chi connectivity index (χ0v) is 10.5. The molecule has 1 atom stereocenters. The highest BCUT2D eigenvalue weighted by molar-refractivity contribution is 9.08. The number of halogens is 2. The zero-order valence-electron chi connectivity index (χ0n) is 8.18. The van der Waals surface area contributed by atoms with Crippen LogP contribution in [-0.4, -0.2) is 11.2 Å². The van der Waals surface area contributed by atoms with Crippen molar-refractivity contribution >= 4 is 33.3 Å². The molecule has 1 unspecified atom stereocenters. The lowest BCUT2D eigenvalue weighted by atomic mass is 9.99. The third kappa shape index (κ3) is 2.37. The van der Waals surface area contributed by atoms with E-state index in [2.05, 4.69) is 15.9 Å². The Hall–Kier alpha value is -0.340. The van der Waals surface area contributed by atoms with E-state index in [1.54, 1.807) is 6.92 Å². The minimum Gasteiger partial charge on any atom is -0.293 e. The van der Waals surface area contributed by atoms with E-state index in [4.69, 9.17) is 11.6 Å². The van der Waals surface area contributed by atoms with Crippen LogP contribution in [0.5, 0.6) is 0 Å². The summed E-state index contributed by atoms with van der Waals surface area (Å²) < 4.78 is 0. The van der Waals surface area contributed by atoms with Crippen LogP contribution in [0.25, 0.3) is 0 Å². The van der Waals surface area contributed by atoms with E-state index in [1.807, 2.05) is 25.1 Å². The first-order chi connectivity index (χ1) is 6.57. The molecule has 1 aromatic carbocycles. The molecule has 0 bridgehead atoms. The molecule has 1 rings (SSSR count). The average molecular weight is 276 g/mol. The van der Waals surface area contributed by atoms with E-state index in [0.717, 1.165) is 16.7 Å². The summed E-state index contributed by atoms with van der Waals surface area (Å²) in [6.07, 6.45) is 0. The largest absolute Gasteiger partial charge is 0.293 e. The second-order valence-electron chi connectivity index (χ2n) is 3.21. The number of hydrogen-bond donors (Lipinski definition) is 0. The molecule has 0 aromatic heterocycles. The van der Waals surface area contributed by atoms with Crippen LogP contribution in [0, 0.1) is 6.92 Å². The quantitative estimate of drug-likeness (QED) is 0.607. The molecule has 1 nitrogen and oxygen atoms in total. The summed E-state index contributed by atoms with van der Waals surface area (Å²) in [7, 11) is 0. The van der Waals surface area contributed by atoms with Gasteiger partial charge in [0.1, 0.15) is 0 Å². The van der Waals surface area contributed by atoms with Gasteiger partial charge in [0, 0.05) is 10.9 Å². The first-order valence-corrected chi connectivity index (χ1v) is 5.96. The highest BCUT2D eigenvalue weighted by atomic mass is 79.9. The number of rotatable bonds is 3. The summed E-state index contributed by atoms with van der Waals surface area (Å²) in [6, 6.07) is 5.70. The summed E-state index contributed by atoms with van der Waals surface area (Å²) in [5, 5.41) is 0.222. The number of Topliss-reactive ketones (excluding diaryl/α,β-unsaturated/α-hetero) is 1. The molecule has 0 aliphatic carbocycles. The summed E-state index contributed by atoms with van der Waals surface area (Å²) in [4.78, 5) is 11.7. The number of ketones is 1. The van der Waals surface area contributed by atoms with E-state index in [-0.39, 0.29) is 5.78 Å². The van der Waals surface area contributed by atoms with E-state index in [1.165, 1.54) is 0 Å². The van der Waals surface area contributed by atoms with Gasteiger partial charge in [-0.1, -0.05) is 34.1 Å². The van der Waals surface area contributed by atoms with Crippen LogP contribution in [0.1, 0.15) is 28.4 Å². The van der Waals surface area contributed by atoms with E-state index >= 15 is 0 Å². The number of hydrogen-bond acceptors (Lipinski definition) is 1. The summed E-state index contributed by atoms with van der Waals surface area (Å²) in [5.74, 6) is -0.00943. The predicted octanol–water partition coefficient (Wildman–Crippen LogP) is 3.70. The maximum Gasteiger partial charge on any atom is 0.180 e. The fourth-order valence-electron chi connectivity index (χ4n) is 1.32. The first-order valence-electron chi connectivity index (χ1n) is 4.40. The van der Waals surface area contributed by atoms with Gasteiger partial charge < -0.3 is 0 Å². The van der Waals surface area contributed by atoms with Crippen LogP contribution in [-0.2, 0) is 5.33 Å². The molecule has 0 N–H and O–H groups in total. The molecule has 76 valence electrons. The Balaban J connectivity index is 3.20. The Morgan fingerprint density at radius 1 is 1.57 bits per heavy atom. The van der Waals surface area contributed by atoms with Gasteiger partial charge >= 0.3 is 0 Å². The SMILES string of the molecule is Cc1cccc(C(=O)C(C)Cl)c1CBr. The standard InChI is InChI=1S/C11H12BrClO/c1-7-4-3-5-9(10(7)6-12)11(14)8(2)13/h3-5,8H,6H2,1-2H3. The third-order valence-electron chi connectivity index (χ3n) is 2.17. The Labute approximate surface area is 97.6 Å². The van der Waals surface area contributed by atoms with Crippen molar-refractivity contribution in [2.75, 3.05) is 0 Å². The third-order valence-corrected chi connectivity index (χ3v) is 2.93. The maximum absolute atomic E-state index is 11.7. The van der Waals surface area contributed by atoms with E-state index in [9.17, 15) is 4.79 Å². The predicted molar refractivity (Wildman–Crippen MR) is 63.5 cm³/mol. The van der Waals surface area contributed by atoms with Crippen molar-refractivity contribution in [3.05, 3.63) is 34.9 Å². The lowest BCUT2D eigenvalue weighted by Gasteiger charge is -2.10. The van der Waals surface area contributed by atoms with Gasteiger partial charge in [0.2, 0.25) is 0 Å². The van der Waals surface area contributed by atoms with Crippen LogP contribution in [0.4, 0.5) is 0 Å². The molecule has 3 heteroatoms. The normalized spacial score (nSPS) is 12.6. The summed E-state index contributed by atoms with van der Waals surface area (Å²) in [5.41, 5.74) is 2.87. The van der Waals surface area contributed by atoms with Crippen molar-refractivity contribution < 1.29 is 4.79 Å². The molecule has 14 heavy (non-hydrogen) atoms. The van der Waals surface area contributed by atoms with Crippen molar-refractivity contribution in [2.24, 2.45) is 0 Å². The van der Waals surface area contributed by atoms with E-state index in [0.29, 0.717) is 5.33 Å². The van der Waals surface area contributed by atoms with Gasteiger partial charge in [-0.05, 0) is 25.0 Å². The average Bonchev–Trinajstić information content (AvgIpc) is 2.16. The minimum atomic E-state index is -0.463. The summed E-state index contributed by atoms with van der Waals surface area (Å²) >= 11 is 9.16. The van der Waals surface area contributed by atoms with Crippen molar-refractivity contribution in [3.63, 3.8) is 0 Å². The van der Waals surface area contributed by atoms with E-state index < -0.39 is 5.38 Å². The lowest BCUT2D eigenvalue weighted by molar-refractivity contribution is 0.0991. The van der Waals surface area contributed by atoms with Gasteiger partial charge in [-0.2, -0.15) is 0 Å². The lowest BCUT2D eigenvalue weighted by Crippen LogP contribution is -2.13. The highest BCUT2D eigenvalue weighted by Gasteiger charge is 2.16. The molecule has 0 spiro atoms. The Kier molecular flexibility index (Phi) is 4.14. The van der Waals surface area contributed by atoms with Crippen molar-refractivity contribution in [3.8, 4) is 0 Å². The number of carbonyl (C=O) groups excluding carboxylic acids is 1. The molecule has 0 heterocycles. The molecule has 0 aliphatic heterocycles. The number of carbonyl (C=O) groups is 1. The van der Waals surface area contributed by atoms with Gasteiger partial charge in [-0.25, -0.2) is 0 Å². The van der Waals surface area contributed by atoms with Crippen molar-refractivity contribution in [1.29, 1.82) is 0 Å². The van der Waals surface area contributed by atoms with Crippen molar-refractivity contribution in [2.45, 2.75) is 24.6 Å². The fourth-order valence-corrected chi connectivity index (χ4v) is 2.19. The van der Waals surface area contributed by atoms with Gasteiger partial charge in [-0.15, -0.1) is 11.6 Å². The molecule has 0 fully saturated rings. The zero-order chi connectivity index (χ0) is 10.7. The Bertz CT molecular complexity index is 347. The van der Waals surface area contributed by atoms with Gasteiger partial charge in [0.25, 0.3) is 0 Å². The minimum absolute atomic E-state index is 0.00943. The fraction of sp³-hybridized carbons (Fsp3) is 0.364. The molecule has 0 radical (unpaired) electrons.